The van der Waals surface area contributed by atoms with E-state index in [-0.39, 0.29) is 6.04 Å². The summed E-state index contributed by atoms with van der Waals surface area (Å²) in [5.41, 5.74) is 0. The summed E-state index contributed by atoms with van der Waals surface area (Å²) < 4.78 is 1.94. The van der Waals surface area contributed by atoms with Crippen LogP contribution in [0, 0.1) is 0 Å². The largest absolute Gasteiger partial charge is 0.308 e. The van der Waals surface area contributed by atoms with Crippen LogP contribution >= 0.6 is 0 Å². The predicted octanol–water partition coefficient (Wildman–Crippen LogP) is 2.70. The second kappa shape index (κ2) is 9.03. The molecular weight excluding hydrogens is 226 g/mol. The van der Waals surface area contributed by atoms with E-state index in [0.29, 0.717) is 0 Å². The summed E-state index contributed by atoms with van der Waals surface area (Å²) in [7, 11) is 0. The van der Waals surface area contributed by atoms with E-state index in [4.69, 9.17) is 0 Å². The van der Waals surface area contributed by atoms with Crippen LogP contribution in [-0.2, 0) is 6.54 Å². The second-order valence-corrected chi connectivity index (χ2v) is 4.81. The van der Waals surface area contributed by atoms with E-state index < -0.39 is 0 Å². The number of tetrazole rings is 1. The van der Waals surface area contributed by atoms with Crippen LogP contribution < -0.4 is 5.32 Å². The van der Waals surface area contributed by atoms with Gasteiger partial charge in [-0.05, 0) is 30.3 Å². The zero-order valence-corrected chi connectivity index (χ0v) is 12.0. The normalized spacial score (nSPS) is 12.8. The molecule has 1 aromatic heterocycles. The van der Waals surface area contributed by atoms with Gasteiger partial charge in [-0.3, -0.25) is 0 Å². The quantitative estimate of drug-likeness (QED) is 0.651. The van der Waals surface area contributed by atoms with Crippen LogP contribution in [-0.4, -0.2) is 26.8 Å². The Morgan fingerprint density at radius 1 is 1.11 bits per heavy atom. The van der Waals surface area contributed by atoms with Gasteiger partial charge in [-0.2, -0.15) is 0 Å². The fourth-order valence-corrected chi connectivity index (χ4v) is 2.12. The van der Waals surface area contributed by atoms with Gasteiger partial charge in [0, 0.05) is 6.54 Å². The van der Waals surface area contributed by atoms with Gasteiger partial charge in [0.05, 0.1) is 6.04 Å². The minimum atomic E-state index is 0.227. The van der Waals surface area contributed by atoms with Gasteiger partial charge in [0.15, 0.2) is 5.82 Å². The maximum atomic E-state index is 4.10. The summed E-state index contributed by atoms with van der Waals surface area (Å²) in [6, 6.07) is 0.227. The van der Waals surface area contributed by atoms with Gasteiger partial charge in [-0.1, -0.05) is 46.0 Å². The highest BCUT2D eigenvalue weighted by Gasteiger charge is 2.12. The molecule has 0 radical (unpaired) electrons. The Morgan fingerprint density at radius 2 is 1.83 bits per heavy atom. The molecule has 0 saturated heterocycles. The molecule has 0 aliphatic rings. The van der Waals surface area contributed by atoms with Gasteiger partial charge in [-0.15, -0.1) is 5.10 Å². The number of rotatable bonds is 10. The van der Waals surface area contributed by atoms with E-state index in [9.17, 15) is 0 Å². The maximum absolute atomic E-state index is 4.10. The summed E-state index contributed by atoms with van der Waals surface area (Å²) in [4.78, 5) is 0. The highest BCUT2D eigenvalue weighted by Crippen LogP contribution is 2.10. The van der Waals surface area contributed by atoms with Crippen LogP contribution in [0.25, 0.3) is 0 Å². The molecule has 0 aliphatic carbocycles. The fraction of sp³-hybridized carbons (Fsp3) is 0.923. The zero-order valence-electron chi connectivity index (χ0n) is 12.0. The zero-order chi connectivity index (χ0) is 13.2. The van der Waals surface area contributed by atoms with Gasteiger partial charge in [-0.25, -0.2) is 4.68 Å². The molecule has 0 aromatic carbocycles. The first-order valence-corrected chi connectivity index (χ1v) is 7.29. The van der Waals surface area contributed by atoms with Crippen molar-refractivity contribution in [3.05, 3.63) is 5.82 Å². The van der Waals surface area contributed by atoms with E-state index in [0.717, 1.165) is 18.9 Å². The Balaban J connectivity index is 2.27. The van der Waals surface area contributed by atoms with Crippen LogP contribution in [0.3, 0.4) is 0 Å². The van der Waals surface area contributed by atoms with E-state index in [1.54, 1.807) is 0 Å². The van der Waals surface area contributed by atoms with Crippen molar-refractivity contribution in [2.24, 2.45) is 0 Å². The van der Waals surface area contributed by atoms with Crippen molar-refractivity contribution in [3.63, 3.8) is 0 Å². The molecule has 0 saturated carbocycles. The molecule has 0 amide bonds. The molecule has 18 heavy (non-hydrogen) atoms. The first-order chi connectivity index (χ1) is 8.79. The molecule has 1 atom stereocenters. The SMILES string of the molecule is CCCCCCCCn1nnnc1C(C)NCC. The topological polar surface area (TPSA) is 55.6 Å². The highest BCUT2D eigenvalue weighted by molar-refractivity contribution is 4.89. The van der Waals surface area contributed by atoms with Crippen molar-refractivity contribution < 1.29 is 0 Å². The molecule has 0 bridgehead atoms. The standard InChI is InChI=1S/C13H27N5/c1-4-6-7-8-9-10-11-18-13(15-16-17-18)12(3)14-5-2/h12,14H,4-11H2,1-3H3. The van der Waals surface area contributed by atoms with Crippen molar-refractivity contribution in [3.8, 4) is 0 Å². The van der Waals surface area contributed by atoms with Crippen LogP contribution in [0.1, 0.15) is 71.2 Å². The molecule has 1 N–H and O–H groups in total. The van der Waals surface area contributed by atoms with Gasteiger partial charge in [0.2, 0.25) is 0 Å². The molecule has 1 unspecified atom stereocenters. The lowest BCUT2D eigenvalue weighted by molar-refractivity contribution is 0.468. The summed E-state index contributed by atoms with van der Waals surface area (Å²) in [6.45, 7) is 8.32. The average Bonchev–Trinajstić information content (AvgIpc) is 2.82. The monoisotopic (exact) mass is 253 g/mol. The molecule has 0 spiro atoms. The Labute approximate surface area is 110 Å². The lowest BCUT2D eigenvalue weighted by Crippen LogP contribution is -2.22. The molecule has 5 nitrogen and oxygen atoms in total. The van der Waals surface area contributed by atoms with Gasteiger partial charge >= 0.3 is 0 Å². The predicted molar refractivity (Wildman–Crippen MR) is 73.3 cm³/mol. The molecule has 1 rings (SSSR count). The Hall–Kier alpha value is -0.970. The lowest BCUT2D eigenvalue weighted by Gasteiger charge is -2.11. The van der Waals surface area contributed by atoms with Crippen molar-refractivity contribution in [2.75, 3.05) is 6.54 Å². The Morgan fingerprint density at radius 3 is 2.56 bits per heavy atom. The molecule has 1 heterocycles. The Bertz CT molecular complexity index is 310. The molecule has 0 fully saturated rings. The van der Waals surface area contributed by atoms with Crippen LogP contribution in [0.2, 0.25) is 0 Å². The molecule has 0 aliphatic heterocycles. The van der Waals surface area contributed by atoms with E-state index in [1.807, 2.05) is 4.68 Å². The second-order valence-electron chi connectivity index (χ2n) is 4.81. The fourth-order valence-electron chi connectivity index (χ4n) is 2.12. The van der Waals surface area contributed by atoms with E-state index in [1.165, 1.54) is 38.5 Å². The maximum Gasteiger partial charge on any atom is 0.167 e. The first kappa shape index (κ1) is 15.1. The third-order valence-electron chi connectivity index (χ3n) is 3.18. The van der Waals surface area contributed by atoms with E-state index >= 15 is 0 Å². The molecule has 5 heteroatoms. The molecule has 1 aromatic rings. The number of hydrogen-bond donors (Lipinski definition) is 1. The summed E-state index contributed by atoms with van der Waals surface area (Å²) in [5.74, 6) is 0.949. The van der Waals surface area contributed by atoms with Gasteiger partial charge in [0.1, 0.15) is 0 Å². The number of unbranched alkanes of at least 4 members (excludes halogenated alkanes) is 5. The average molecular weight is 253 g/mol. The minimum absolute atomic E-state index is 0.227. The molecule has 104 valence electrons. The van der Waals surface area contributed by atoms with Crippen molar-refractivity contribution in [1.29, 1.82) is 0 Å². The lowest BCUT2D eigenvalue weighted by atomic mass is 10.1. The summed E-state index contributed by atoms with van der Waals surface area (Å²) in [5, 5.41) is 15.3. The highest BCUT2D eigenvalue weighted by atomic mass is 15.5. The number of nitrogens with one attached hydrogen (secondary N) is 1. The van der Waals surface area contributed by atoms with E-state index in [2.05, 4.69) is 41.6 Å². The summed E-state index contributed by atoms with van der Waals surface area (Å²) in [6.07, 6.45) is 7.78. The number of hydrogen-bond acceptors (Lipinski definition) is 4. The minimum Gasteiger partial charge on any atom is -0.308 e. The summed E-state index contributed by atoms with van der Waals surface area (Å²) >= 11 is 0. The van der Waals surface area contributed by atoms with Gasteiger partial charge in [0.25, 0.3) is 0 Å². The van der Waals surface area contributed by atoms with Crippen LogP contribution in [0.15, 0.2) is 0 Å². The van der Waals surface area contributed by atoms with Gasteiger partial charge < -0.3 is 5.32 Å². The third kappa shape index (κ3) is 5.12. The van der Waals surface area contributed by atoms with Crippen molar-refractivity contribution in [1.82, 2.24) is 25.5 Å². The Kier molecular flexibility index (Phi) is 7.57. The number of aryl methyl sites for hydroxylation is 1. The number of nitrogens with zero attached hydrogens (tertiary/aromatic N) is 4. The van der Waals surface area contributed by atoms with Crippen LogP contribution in [0.5, 0.6) is 0 Å². The van der Waals surface area contributed by atoms with Crippen molar-refractivity contribution >= 4 is 0 Å². The van der Waals surface area contributed by atoms with Crippen LogP contribution in [0.4, 0.5) is 0 Å². The third-order valence-corrected chi connectivity index (χ3v) is 3.18. The number of aromatic nitrogens is 4. The smallest absolute Gasteiger partial charge is 0.167 e. The van der Waals surface area contributed by atoms with Crippen molar-refractivity contribution in [2.45, 2.75) is 71.9 Å². The molecular formula is C13H27N5. The first-order valence-electron chi connectivity index (χ1n) is 7.29.